The van der Waals surface area contributed by atoms with Crippen molar-refractivity contribution in [2.24, 2.45) is 7.05 Å². The van der Waals surface area contributed by atoms with Crippen LogP contribution in [0.15, 0.2) is 18.3 Å². The molecule has 5 nitrogen and oxygen atoms in total. The molecule has 1 heterocycles. The van der Waals surface area contributed by atoms with Gasteiger partial charge in [0.2, 0.25) is 5.91 Å². The summed E-state index contributed by atoms with van der Waals surface area (Å²) < 4.78 is 1.83. The first-order chi connectivity index (χ1) is 7.00. The molecule has 1 aromatic heterocycles. The van der Waals surface area contributed by atoms with E-state index in [1.807, 2.05) is 29.9 Å². The fourth-order valence-corrected chi connectivity index (χ4v) is 1.36. The maximum Gasteiger partial charge on any atom is 0.326 e. The number of hydrogen-bond donors (Lipinski definition) is 2. The van der Waals surface area contributed by atoms with Gasteiger partial charge >= 0.3 is 5.97 Å². The van der Waals surface area contributed by atoms with E-state index in [1.54, 1.807) is 0 Å². The number of hydrogen-bond acceptors (Lipinski definition) is 2. The Labute approximate surface area is 87.7 Å². The van der Waals surface area contributed by atoms with Gasteiger partial charge in [-0.2, -0.15) is 0 Å². The van der Waals surface area contributed by atoms with Crippen LogP contribution in [-0.2, 0) is 23.1 Å². The molecule has 5 heteroatoms. The summed E-state index contributed by atoms with van der Waals surface area (Å²) in [6, 6.07) is 2.80. The molecule has 1 unspecified atom stereocenters. The van der Waals surface area contributed by atoms with Crippen LogP contribution in [0.2, 0.25) is 0 Å². The summed E-state index contributed by atoms with van der Waals surface area (Å²) in [5, 5.41) is 11.3. The van der Waals surface area contributed by atoms with Gasteiger partial charge in [-0.05, 0) is 12.1 Å². The van der Waals surface area contributed by atoms with Crippen LogP contribution in [0.25, 0.3) is 0 Å². The highest BCUT2D eigenvalue weighted by Crippen LogP contribution is 2.04. The zero-order chi connectivity index (χ0) is 11.4. The Morgan fingerprint density at radius 3 is 2.67 bits per heavy atom. The highest BCUT2D eigenvalue weighted by Gasteiger charge is 2.19. The number of nitrogens with zero attached hydrogens (tertiary/aromatic N) is 1. The number of carboxylic acids is 1. The smallest absolute Gasteiger partial charge is 0.326 e. The predicted octanol–water partition coefficient (Wildman–Crippen LogP) is 0.157. The fraction of sp³-hybridized carbons (Fsp3) is 0.400. The van der Waals surface area contributed by atoms with Gasteiger partial charge in [0.25, 0.3) is 0 Å². The number of rotatable bonds is 4. The van der Waals surface area contributed by atoms with Gasteiger partial charge in [0.15, 0.2) is 0 Å². The first-order valence-corrected chi connectivity index (χ1v) is 4.61. The molecule has 1 rings (SSSR count). The highest BCUT2D eigenvalue weighted by atomic mass is 16.4. The number of aromatic nitrogens is 1. The van der Waals surface area contributed by atoms with Crippen molar-refractivity contribution in [3.05, 3.63) is 24.0 Å². The predicted molar refractivity (Wildman–Crippen MR) is 54.4 cm³/mol. The Balaban J connectivity index is 2.71. The number of amides is 1. The number of nitrogens with one attached hydrogen (secondary N) is 1. The molecule has 1 amide bonds. The van der Waals surface area contributed by atoms with E-state index in [-0.39, 0.29) is 5.91 Å². The molecule has 1 atom stereocenters. The summed E-state index contributed by atoms with van der Waals surface area (Å²) in [4.78, 5) is 21.6. The molecule has 0 saturated carbocycles. The lowest BCUT2D eigenvalue weighted by atomic mass is 10.1. The van der Waals surface area contributed by atoms with Gasteiger partial charge in [-0.15, -0.1) is 0 Å². The average Bonchev–Trinajstić information content (AvgIpc) is 2.50. The molecule has 0 saturated heterocycles. The van der Waals surface area contributed by atoms with Crippen molar-refractivity contribution >= 4 is 11.9 Å². The van der Waals surface area contributed by atoms with Crippen molar-refractivity contribution in [1.29, 1.82) is 0 Å². The molecule has 0 spiro atoms. The van der Waals surface area contributed by atoms with Crippen molar-refractivity contribution in [2.75, 3.05) is 0 Å². The van der Waals surface area contributed by atoms with Crippen LogP contribution in [0.3, 0.4) is 0 Å². The van der Waals surface area contributed by atoms with Gasteiger partial charge in [0.1, 0.15) is 6.04 Å². The minimum absolute atomic E-state index is 0.290. The standard InChI is InChI=1S/C10H14N2O3/c1-7(13)11-9(10(14)15)6-8-4-3-5-12(8)2/h3-5,9H,6H2,1-2H3,(H,11,13)(H,14,15). The topological polar surface area (TPSA) is 71.3 Å². The van der Waals surface area contributed by atoms with Gasteiger partial charge in [-0.1, -0.05) is 0 Å². The van der Waals surface area contributed by atoms with Gasteiger partial charge in [-0.3, -0.25) is 4.79 Å². The number of aliphatic carboxylic acids is 1. The van der Waals surface area contributed by atoms with Crippen molar-refractivity contribution in [2.45, 2.75) is 19.4 Å². The lowest BCUT2D eigenvalue weighted by molar-refractivity contribution is -0.141. The summed E-state index contributed by atoms with van der Waals surface area (Å²) in [7, 11) is 1.84. The Kier molecular flexibility index (Phi) is 3.49. The van der Waals surface area contributed by atoms with Crippen LogP contribution < -0.4 is 5.32 Å². The van der Waals surface area contributed by atoms with Gasteiger partial charge in [-0.25, -0.2) is 4.79 Å². The molecule has 0 bridgehead atoms. The second kappa shape index (κ2) is 4.63. The molecular formula is C10H14N2O3. The third-order valence-corrected chi connectivity index (χ3v) is 2.14. The number of carboxylic acid groups (broad SMARTS) is 1. The maximum absolute atomic E-state index is 10.8. The largest absolute Gasteiger partial charge is 0.480 e. The first kappa shape index (κ1) is 11.3. The molecule has 0 aliphatic carbocycles. The number of carbonyl (C=O) groups excluding carboxylic acids is 1. The maximum atomic E-state index is 10.8. The normalized spacial score (nSPS) is 12.1. The van der Waals surface area contributed by atoms with E-state index >= 15 is 0 Å². The molecule has 0 aliphatic rings. The SMILES string of the molecule is CC(=O)NC(Cc1cccn1C)C(=O)O. The molecular weight excluding hydrogens is 196 g/mol. The van der Waals surface area contributed by atoms with Gasteiger partial charge in [0.05, 0.1) is 0 Å². The van der Waals surface area contributed by atoms with Crippen molar-refractivity contribution in [3.63, 3.8) is 0 Å². The molecule has 0 aromatic carbocycles. The van der Waals surface area contributed by atoms with Crippen molar-refractivity contribution in [3.8, 4) is 0 Å². The third-order valence-electron chi connectivity index (χ3n) is 2.14. The molecule has 1 aromatic rings. The van der Waals surface area contributed by atoms with Crippen molar-refractivity contribution in [1.82, 2.24) is 9.88 Å². The zero-order valence-electron chi connectivity index (χ0n) is 8.73. The minimum Gasteiger partial charge on any atom is -0.480 e. The lowest BCUT2D eigenvalue weighted by Crippen LogP contribution is -2.41. The number of carbonyl (C=O) groups is 2. The molecule has 0 aliphatic heterocycles. The van der Waals surface area contributed by atoms with E-state index in [1.165, 1.54) is 6.92 Å². The third kappa shape index (κ3) is 3.12. The van der Waals surface area contributed by atoms with Crippen LogP contribution in [0.1, 0.15) is 12.6 Å². The fourth-order valence-electron chi connectivity index (χ4n) is 1.36. The zero-order valence-corrected chi connectivity index (χ0v) is 8.73. The van der Waals surface area contributed by atoms with E-state index in [4.69, 9.17) is 5.11 Å². The molecule has 15 heavy (non-hydrogen) atoms. The highest BCUT2D eigenvalue weighted by molar-refractivity contribution is 5.82. The van der Waals surface area contributed by atoms with Gasteiger partial charge < -0.3 is 15.0 Å². The van der Waals surface area contributed by atoms with Crippen LogP contribution in [-0.4, -0.2) is 27.6 Å². The summed E-state index contributed by atoms with van der Waals surface area (Å²) in [5.41, 5.74) is 0.871. The first-order valence-electron chi connectivity index (χ1n) is 4.61. The Hall–Kier alpha value is -1.78. The van der Waals surface area contributed by atoms with E-state index in [0.717, 1.165) is 5.69 Å². The van der Waals surface area contributed by atoms with Crippen molar-refractivity contribution < 1.29 is 14.7 Å². The van der Waals surface area contributed by atoms with Gasteiger partial charge in [0, 0.05) is 32.3 Å². The second-order valence-electron chi connectivity index (χ2n) is 3.41. The van der Waals surface area contributed by atoms with Crippen LogP contribution >= 0.6 is 0 Å². The van der Waals surface area contributed by atoms with E-state index in [9.17, 15) is 9.59 Å². The summed E-state index contributed by atoms with van der Waals surface area (Å²) in [5.74, 6) is -1.36. The second-order valence-corrected chi connectivity index (χ2v) is 3.41. The summed E-state index contributed by atoms with van der Waals surface area (Å²) in [6.07, 6.45) is 2.13. The molecule has 82 valence electrons. The van der Waals surface area contributed by atoms with E-state index < -0.39 is 12.0 Å². The Morgan fingerprint density at radius 2 is 2.27 bits per heavy atom. The van der Waals surface area contributed by atoms with Crippen LogP contribution in [0.4, 0.5) is 0 Å². The lowest BCUT2D eigenvalue weighted by Gasteiger charge is -2.13. The minimum atomic E-state index is -1.02. The molecule has 2 N–H and O–H groups in total. The molecule has 0 fully saturated rings. The average molecular weight is 210 g/mol. The summed E-state index contributed by atoms with van der Waals surface area (Å²) in [6.45, 7) is 1.31. The van der Waals surface area contributed by atoms with E-state index in [2.05, 4.69) is 5.32 Å². The Morgan fingerprint density at radius 1 is 1.60 bits per heavy atom. The number of aryl methyl sites for hydroxylation is 1. The van der Waals surface area contributed by atoms with E-state index in [0.29, 0.717) is 6.42 Å². The Bertz CT molecular complexity index is 370. The summed E-state index contributed by atoms with van der Waals surface area (Å²) >= 11 is 0. The quantitative estimate of drug-likeness (QED) is 0.743. The van der Waals surface area contributed by atoms with Crippen LogP contribution in [0.5, 0.6) is 0 Å². The monoisotopic (exact) mass is 210 g/mol. The molecule has 0 radical (unpaired) electrons. The van der Waals surface area contributed by atoms with Crippen LogP contribution in [0, 0.1) is 0 Å².